The number of aryl methyl sites for hydroxylation is 3. The normalized spacial score (nSPS) is 11.3. The minimum Gasteiger partial charge on any atom is -0.296 e. The number of sulfonamides is 1. The van der Waals surface area contributed by atoms with Crippen LogP contribution in [0, 0.1) is 6.92 Å². The molecule has 2 N–H and O–H groups in total. The first kappa shape index (κ1) is 20.9. The first-order valence-corrected chi connectivity index (χ1v) is 11.5. The molecule has 152 valence electrons. The number of anilines is 2. The molecule has 9 heteroatoms. The largest absolute Gasteiger partial charge is 0.296 e. The number of nitrogens with zero attached hydrogens (tertiary/aromatic N) is 2. The van der Waals surface area contributed by atoms with E-state index < -0.39 is 10.0 Å². The second-order valence-corrected chi connectivity index (χ2v) is 9.24. The number of nitrogens with one attached hydrogen (secondary N) is 2. The number of benzene rings is 2. The summed E-state index contributed by atoms with van der Waals surface area (Å²) in [6, 6.07) is 12.8. The second kappa shape index (κ2) is 8.71. The van der Waals surface area contributed by atoms with Gasteiger partial charge in [0.15, 0.2) is 0 Å². The molecule has 0 aliphatic heterocycles. The number of amides is 1. The lowest BCUT2D eigenvalue weighted by Crippen LogP contribution is -2.15. The molecule has 0 saturated carbocycles. The van der Waals surface area contributed by atoms with Crippen LogP contribution in [0.3, 0.4) is 0 Å². The van der Waals surface area contributed by atoms with Gasteiger partial charge in [-0.1, -0.05) is 61.6 Å². The molecule has 29 heavy (non-hydrogen) atoms. The molecule has 1 amide bonds. The van der Waals surface area contributed by atoms with Crippen LogP contribution in [0.1, 0.15) is 40.9 Å². The summed E-state index contributed by atoms with van der Waals surface area (Å²) < 4.78 is 28.1. The van der Waals surface area contributed by atoms with Gasteiger partial charge >= 0.3 is 0 Å². The molecular weight excluding hydrogens is 408 g/mol. The van der Waals surface area contributed by atoms with Crippen molar-refractivity contribution in [3.05, 3.63) is 64.7 Å². The van der Waals surface area contributed by atoms with Crippen LogP contribution in [0.2, 0.25) is 0 Å². The van der Waals surface area contributed by atoms with Gasteiger partial charge in [0.2, 0.25) is 5.13 Å². The maximum Gasteiger partial charge on any atom is 0.291 e. The van der Waals surface area contributed by atoms with Crippen LogP contribution in [-0.4, -0.2) is 24.5 Å². The summed E-state index contributed by atoms with van der Waals surface area (Å²) in [5.41, 5.74) is 3.70. The molecule has 0 aliphatic rings. The summed E-state index contributed by atoms with van der Waals surface area (Å²) in [7, 11) is -3.92. The monoisotopic (exact) mass is 430 g/mol. The van der Waals surface area contributed by atoms with Gasteiger partial charge in [-0.25, -0.2) is 0 Å². The molecule has 0 bridgehead atoms. The fourth-order valence-electron chi connectivity index (χ4n) is 2.91. The fraction of sp³-hybridized carbons (Fsp3) is 0.250. The standard InChI is InChI=1S/C20H22N4O3S2/c1-4-14-10-8-11-15(5-2)17(14)24-29(26,27)20-23-22-19(28-20)21-18(25)16-12-7-6-9-13(16)3/h6-12,24H,4-5H2,1-3H3,(H,21,22,25). The van der Waals surface area contributed by atoms with Gasteiger partial charge < -0.3 is 0 Å². The number of aromatic nitrogens is 2. The van der Waals surface area contributed by atoms with Crippen LogP contribution >= 0.6 is 11.3 Å². The van der Waals surface area contributed by atoms with Crippen molar-refractivity contribution in [1.29, 1.82) is 0 Å². The van der Waals surface area contributed by atoms with Gasteiger partial charge in [0.05, 0.1) is 5.69 Å². The molecule has 7 nitrogen and oxygen atoms in total. The Hall–Kier alpha value is -2.78. The van der Waals surface area contributed by atoms with Gasteiger partial charge in [-0.3, -0.25) is 14.8 Å². The maximum atomic E-state index is 12.8. The lowest BCUT2D eigenvalue weighted by molar-refractivity contribution is 0.102. The smallest absolute Gasteiger partial charge is 0.291 e. The van der Waals surface area contributed by atoms with Crippen LogP contribution in [0.25, 0.3) is 0 Å². The highest BCUT2D eigenvalue weighted by atomic mass is 32.2. The highest BCUT2D eigenvalue weighted by molar-refractivity contribution is 7.94. The summed E-state index contributed by atoms with van der Waals surface area (Å²) in [6.45, 7) is 5.76. The molecule has 3 aromatic rings. The molecule has 0 radical (unpaired) electrons. The van der Waals surface area contributed by atoms with Crippen LogP contribution in [0.5, 0.6) is 0 Å². The predicted molar refractivity (Wildman–Crippen MR) is 115 cm³/mol. The molecule has 1 heterocycles. The van der Waals surface area contributed by atoms with Crippen molar-refractivity contribution in [3.8, 4) is 0 Å². The Morgan fingerprint density at radius 1 is 1.00 bits per heavy atom. The number of para-hydroxylation sites is 1. The Kier molecular flexibility index (Phi) is 6.29. The van der Waals surface area contributed by atoms with E-state index in [0.717, 1.165) is 28.0 Å². The Labute approximate surface area is 174 Å². The van der Waals surface area contributed by atoms with Crippen LogP contribution in [0.4, 0.5) is 10.8 Å². The first-order chi connectivity index (χ1) is 13.9. The minimum atomic E-state index is -3.92. The average molecular weight is 431 g/mol. The summed E-state index contributed by atoms with van der Waals surface area (Å²) in [5, 5.41) is 10.3. The van der Waals surface area contributed by atoms with Crippen molar-refractivity contribution in [1.82, 2.24) is 10.2 Å². The zero-order chi connectivity index (χ0) is 21.0. The lowest BCUT2D eigenvalue weighted by atomic mass is 10.0. The molecule has 0 aliphatic carbocycles. The number of carbonyl (C=O) groups is 1. The van der Waals surface area contributed by atoms with Gasteiger partial charge in [0, 0.05) is 5.56 Å². The van der Waals surface area contributed by atoms with Gasteiger partial charge in [0.1, 0.15) is 0 Å². The number of rotatable bonds is 7. The van der Waals surface area contributed by atoms with Gasteiger partial charge in [-0.05, 0) is 42.5 Å². The van der Waals surface area contributed by atoms with Crippen LogP contribution in [-0.2, 0) is 22.9 Å². The van der Waals surface area contributed by atoms with Crippen molar-refractivity contribution in [2.75, 3.05) is 10.0 Å². The summed E-state index contributed by atoms with van der Waals surface area (Å²) >= 11 is 0.810. The Balaban J connectivity index is 1.83. The third kappa shape index (κ3) is 4.63. The molecule has 2 aromatic carbocycles. The topological polar surface area (TPSA) is 101 Å². The third-order valence-electron chi connectivity index (χ3n) is 4.48. The third-order valence-corrected chi connectivity index (χ3v) is 7.04. The van der Waals surface area contributed by atoms with E-state index in [0.29, 0.717) is 24.1 Å². The molecule has 3 rings (SSSR count). The Morgan fingerprint density at radius 2 is 1.66 bits per heavy atom. The quantitative estimate of drug-likeness (QED) is 0.551. The average Bonchev–Trinajstić information content (AvgIpc) is 3.17. The SMILES string of the molecule is CCc1cccc(CC)c1NS(=O)(=O)c1nnc(NC(=O)c2ccccc2C)s1. The summed E-state index contributed by atoms with van der Waals surface area (Å²) in [4.78, 5) is 12.4. The number of carbonyl (C=O) groups excluding carboxylic acids is 1. The van der Waals surface area contributed by atoms with E-state index in [4.69, 9.17) is 0 Å². The zero-order valence-electron chi connectivity index (χ0n) is 16.4. The van der Waals surface area contributed by atoms with E-state index in [1.165, 1.54) is 0 Å². The van der Waals surface area contributed by atoms with Crippen LogP contribution in [0.15, 0.2) is 46.8 Å². The number of hydrogen-bond acceptors (Lipinski definition) is 6. The van der Waals surface area contributed by atoms with E-state index in [1.54, 1.807) is 12.1 Å². The molecule has 0 unspecified atom stereocenters. The van der Waals surface area contributed by atoms with Crippen molar-refractivity contribution >= 4 is 38.1 Å². The molecule has 0 spiro atoms. The molecule has 0 saturated heterocycles. The molecule has 1 aromatic heterocycles. The van der Waals surface area contributed by atoms with Crippen LogP contribution < -0.4 is 10.0 Å². The van der Waals surface area contributed by atoms with E-state index in [1.807, 2.05) is 51.1 Å². The van der Waals surface area contributed by atoms with E-state index in [-0.39, 0.29) is 15.4 Å². The fourth-order valence-corrected chi connectivity index (χ4v) is 4.95. The van der Waals surface area contributed by atoms with Crippen molar-refractivity contribution < 1.29 is 13.2 Å². The van der Waals surface area contributed by atoms with Crippen molar-refractivity contribution in [2.24, 2.45) is 0 Å². The molecule has 0 fully saturated rings. The Morgan fingerprint density at radius 3 is 2.28 bits per heavy atom. The minimum absolute atomic E-state index is 0.123. The summed E-state index contributed by atoms with van der Waals surface area (Å²) in [5.74, 6) is -0.360. The predicted octanol–water partition coefficient (Wildman–Crippen LogP) is 4.02. The lowest BCUT2D eigenvalue weighted by Gasteiger charge is -2.14. The van der Waals surface area contributed by atoms with Gasteiger partial charge in [-0.15, -0.1) is 10.2 Å². The van der Waals surface area contributed by atoms with Crippen molar-refractivity contribution in [2.45, 2.75) is 38.0 Å². The highest BCUT2D eigenvalue weighted by Crippen LogP contribution is 2.28. The summed E-state index contributed by atoms with van der Waals surface area (Å²) in [6.07, 6.45) is 1.39. The molecular formula is C20H22N4O3S2. The Bertz CT molecular complexity index is 1120. The van der Waals surface area contributed by atoms with E-state index >= 15 is 0 Å². The van der Waals surface area contributed by atoms with E-state index in [9.17, 15) is 13.2 Å². The van der Waals surface area contributed by atoms with Crippen molar-refractivity contribution in [3.63, 3.8) is 0 Å². The van der Waals surface area contributed by atoms with E-state index in [2.05, 4.69) is 20.2 Å². The zero-order valence-corrected chi connectivity index (χ0v) is 18.0. The first-order valence-electron chi connectivity index (χ1n) is 9.19. The maximum absolute atomic E-state index is 12.8. The van der Waals surface area contributed by atoms with Gasteiger partial charge in [0.25, 0.3) is 20.3 Å². The number of hydrogen-bond donors (Lipinski definition) is 2. The molecule has 0 atom stereocenters. The van der Waals surface area contributed by atoms with Gasteiger partial charge in [-0.2, -0.15) is 8.42 Å². The second-order valence-electron chi connectivity index (χ2n) is 6.41. The highest BCUT2D eigenvalue weighted by Gasteiger charge is 2.23.